The quantitative estimate of drug-likeness (QED) is 0.319. The van der Waals surface area contributed by atoms with Crippen molar-refractivity contribution < 1.29 is 50.5 Å². The van der Waals surface area contributed by atoms with Crippen LogP contribution in [0.5, 0.6) is 0 Å². The standard InChI is InChI=1S/C21H26F6N2O5/c1-33-18(31)4-2-3-9-29(14-17(30)28-10-12-34-13-11-28)16-7-5-15(6-8-16)19(32,20(22,23)24)21(25,26)27/h5-8,32H,2-4,9-14H2,1H3. The molecule has 0 spiro atoms. The lowest BCUT2D eigenvalue weighted by atomic mass is 9.92. The molecule has 0 aliphatic carbocycles. The maximum Gasteiger partial charge on any atom is 0.430 e. The number of amides is 1. The molecule has 1 aliphatic heterocycles. The highest BCUT2D eigenvalue weighted by Crippen LogP contribution is 2.50. The summed E-state index contributed by atoms with van der Waals surface area (Å²) in [5, 5.41) is 9.57. The molecule has 0 aromatic heterocycles. The third-order valence-corrected chi connectivity index (χ3v) is 5.45. The summed E-state index contributed by atoms with van der Waals surface area (Å²) < 4.78 is 88.6. The molecule has 2 rings (SSSR count). The van der Waals surface area contributed by atoms with Gasteiger partial charge in [-0.05, 0) is 25.0 Å². The predicted octanol–water partition coefficient (Wildman–Crippen LogP) is 3.01. The smallest absolute Gasteiger partial charge is 0.430 e. The number of hydrogen-bond donors (Lipinski definition) is 1. The number of carbonyl (C=O) groups excluding carboxylic acids is 2. The van der Waals surface area contributed by atoms with Crippen molar-refractivity contribution in [1.29, 1.82) is 0 Å². The molecule has 1 aliphatic rings. The maximum absolute atomic E-state index is 13.1. The summed E-state index contributed by atoms with van der Waals surface area (Å²) in [5.41, 5.74) is -6.23. The molecule has 0 bridgehead atoms. The van der Waals surface area contributed by atoms with Gasteiger partial charge in [-0.1, -0.05) is 12.1 Å². The number of benzene rings is 1. The van der Waals surface area contributed by atoms with Crippen LogP contribution in [0.2, 0.25) is 0 Å². The molecule has 1 aromatic carbocycles. The molecule has 192 valence electrons. The topological polar surface area (TPSA) is 79.3 Å². The number of halogens is 6. The normalized spacial score (nSPS) is 15.2. The summed E-state index contributed by atoms with van der Waals surface area (Å²) in [6.07, 6.45) is -11.1. The van der Waals surface area contributed by atoms with Crippen molar-refractivity contribution in [2.75, 3.05) is 51.4 Å². The lowest BCUT2D eigenvalue weighted by Gasteiger charge is -2.33. The van der Waals surface area contributed by atoms with E-state index in [1.165, 1.54) is 12.0 Å². The molecular weight excluding hydrogens is 474 g/mol. The second-order valence-electron chi connectivity index (χ2n) is 7.70. The third kappa shape index (κ3) is 6.53. The van der Waals surface area contributed by atoms with E-state index in [4.69, 9.17) is 4.74 Å². The number of morpholine rings is 1. The minimum absolute atomic E-state index is 0.116. The molecule has 0 saturated carbocycles. The van der Waals surface area contributed by atoms with Gasteiger partial charge in [0.05, 0.1) is 26.9 Å². The first kappa shape index (κ1) is 27.7. The number of carbonyl (C=O) groups is 2. The fourth-order valence-electron chi connectivity index (χ4n) is 3.45. The number of hydrogen-bond acceptors (Lipinski definition) is 6. The molecule has 1 fully saturated rings. The molecule has 0 radical (unpaired) electrons. The highest BCUT2D eigenvalue weighted by molar-refractivity contribution is 5.81. The molecule has 13 heteroatoms. The number of ether oxygens (including phenoxy) is 2. The molecule has 1 aromatic rings. The SMILES string of the molecule is COC(=O)CCCCN(CC(=O)N1CCOCC1)c1ccc(C(O)(C(F)(F)F)C(F)(F)F)cc1. The maximum atomic E-state index is 13.1. The van der Waals surface area contributed by atoms with E-state index in [1.807, 2.05) is 0 Å². The number of methoxy groups -OCH3 is 1. The largest absolute Gasteiger partial charge is 0.469 e. The van der Waals surface area contributed by atoms with E-state index in [-0.39, 0.29) is 31.1 Å². The van der Waals surface area contributed by atoms with Gasteiger partial charge >= 0.3 is 18.3 Å². The van der Waals surface area contributed by atoms with Crippen molar-refractivity contribution in [1.82, 2.24) is 4.90 Å². The zero-order valence-corrected chi connectivity index (χ0v) is 18.4. The fraction of sp³-hybridized carbons (Fsp3) is 0.619. The van der Waals surface area contributed by atoms with Gasteiger partial charge < -0.3 is 24.4 Å². The first-order valence-corrected chi connectivity index (χ1v) is 10.4. The van der Waals surface area contributed by atoms with E-state index in [1.54, 1.807) is 4.90 Å². The highest BCUT2D eigenvalue weighted by Gasteiger charge is 2.71. The van der Waals surface area contributed by atoms with E-state index in [0.717, 1.165) is 12.1 Å². The van der Waals surface area contributed by atoms with Gasteiger partial charge in [-0.25, -0.2) is 0 Å². The van der Waals surface area contributed by atoms with Crippen molar-refractivity contribution in [3.8, 4) is 0 Å². The number of alkyl halides is 6. The summed E-state index contributed by atoms with van der Waals surface area (Å²) in [6.45, 7) is 1.45. The Morgan fingerprint density at radius 2 is 1.59 bits per heavy atom. The molecule has 34 heavy (non-hydrogen) atoms. The number of esters is 1. The van der Waals surface area contributed by atoms with Gasteiger partial charge in [0.15, 0.2) is 0 Å². The number of unbranched alkanes of at least 4 members (excludes halogenated alkanes) is 1. The predicted molar refractivity (Wildman–Crippen MR) is 108 cm³/mol. The Balaban J connectivity index is 2.24. The Hall–Kier alpha value is -2.54. The van der Waals surface area contributed by atoms with Crippen molar-refractivity contribution in [2.24, 2.45) is 0 Å². The number of anilines is 1. The third-order valence-electron chi connectivity index (χ3n) is 5.45. The number of aliphatic hydroxyl groups is 1. The zero-order chi connectivity index (χ0) is 25.6. The summed E-state index contributed by atoms with van der Waals surface area (Å²) in [4.78, 5) is 27.0. The summed E-state index contributed by atoms with van der Waals surface area (Å²) >= 11 is 0. The molecule has 1 heterocycles. The molecule has 1 amide bonds. The van der Waals surface area contributed by atoms with Gasteiger partial charge in [0.1, 0.15) is 0 Å². The van der Waals surface area contributed by atoms with Crippen LogP contribution in [0.15, 0.2) is 24.3 Å². The van der Waals surface area contributed by atoms with Crippen LogP contribution in [-0.4, -0.2) is 80.7 Å². The van der Waals surface area contributed by atoms with Crippen molar-refractivity contribution in [3.63, 3.8) is 0 Å². The summed E-state index contributed by atoms with van der Waals surface area (Å²) in [5.74, 6) is -0.721. The molecule has 0 atom stereocenters. The summed E-state index contributed by atoms with van der Waals surface area (Å²) in [6, 6.07) is 3.06. The summed E-state index contributed by atoms with van der Waals surface area (Å²) in [7, 11) is 1.24. The van der Waals surface area contributed by atoms with Gasteiger partial charge in [-0.3, -0.25) is 9.59 Å². The van der Waals surface area contributed by atoms with E-state index in [9.17, 15) is 41.0 Å². The molecule has 0 unspecified atom stereocenters. The average molecular weight is 500 g/mol. The van der Waals surface area contributed by atoms with E-state index in [2.05, 4.69) is 4.74 Å². The van der Waals surface area contributed by atoms with Gasteiger partial charge in [-0.2, -0.15) is 26.3 Å². The monoisotopic (exact) mass is 500 g/mol. The zero-order valence-electron chi connectivity index (χ0n) is 18.4. The first-order chi connectivity index (χ1) is 15.8. The second-order valence-corrected chi connectivity index (χ2v) is 7.70. The van der Waals surface area contributed by atoms with Crippen LogP contribution in [0, 0.1) is 0 Å². The minimum Gasteiger partial charge on any atom is -0.469 e. The van der Waals surface area contributed by atoms with Gasteiger partial charge in [-0.15, -0.1) is 0 Å². The Morgan fingerprint density at radius 1 is 1.03 bits per heavy atom. The number of rotatable bonds is 9. The second kappa shape index (κ2) is 11.3. The molecule has 7 nitrogen and oxygen atoms in total. The molecule has 1 N–H and O–H groups in total. The van der Waals surface area contributed by atoms with Gasteiger partial charge in [0.25, 0.3) is 5.60 Å². The van der Waals surface area contributed by atoms with Crippen LogP contribution in [0.3, 0.4) is 0 Å². The molecular formula is C21H26F6N2O5. The minimum atomic E-state index is -5.99. The molecule has 1 saturated heterocycles. The van der Waals surface area contributed by atoms with E-state index in [0.29, 0.717) is 51.3 Å². The van der Waals surface area contributed by atoms with Crippen LogP contribution < -0.4 is 4.90 Å². The lowest BCUT2D eigenvalue weighted by molar-refractivity contribution is -0.376. The number of nitrogens with zero attached hydrogens (tertiary/aromatic N) is 2. The van der Waals surface area contributed by atoms with Crippen LogP contribution in [0.25, 0.3) is 0 Å². The van der Waals surface area contributed by atoms with Crippen molar-refractivity contribution in [3.05, 3.63) is 29.8 Å². The Bertz CT molecular complexity index is 808. The van der Waals surface area contributed by atoms with Gasteiger partial charge in [0.2, 0.25) is 5.91 Å². The van der Waals surface area contributed by atoms with E-state index >= 15 is 0 Å². The highest BCUT2D eigenvalue weighted by atomic mass is 19.4. The Kier molecular flexibility index (Phi) is 9.17. The van der Waals surface area contributed by atoms with Crippen LogP contribution >= 0.6 is 0 Å². The Labute approximate surface area is 192 Å². The van der Waals surface area contributed by atoms with Crippen molar-refractivity contribution in [2.45, 2.75) is 37.2 Å². The van der Waals surface area contributed by atoms with E-state index < -0.39 is 29.5 Å². The van der Waals surface area contributed by atoms with Crippen molar-refractivity contribution >= 4 is 17.6 Å². The van der Waals surface area contributed by atoms with Gasteiger partial charge in [0, 0.05) is 37.3 Å². The van der Waals surface area contributed by atoms with Crippen LogP contribution in [-0.2, 0) is 24.7 Å². The lowest BCUT2D eigenvalue weighted by Crippen LogP contribution is -2.53. The van der Waals surface area contributed by atoms with Crippen LogP contribution in [0.1, 0.15) is 24.8 Å². The van der Waals surface area contributed by atoms with Crippen LogP contribution in [0.4, 0.5) is 32.0 Å². The first-order valence-electron chi connectivity index (χ1n) is 10.4. The fourth-order valence-corrected chi connectivity index (χ4v) is 3.45. The average Bonchev–Trinajstić information content (AvgIpc) is 2.79. The Morgan fingerprint density at radius 3 is 2.09 bits per heavy atom.